The Labute approximate surface area is 58.3 Å². The first kappa shape index (κ1) is 8.58. The number of hydrogen-bond acceptors (Lipinski definition) is 3. The van der Waals surface area contributed by atoms with Crippen LogP contribution in [-0.2, 0) is 4.74 Å². The summed E-state index contributed by atoms with van der Waals surface area (Å²) in [6.07, 6.45) is 0. The number of methoxy groups -OCH3 is 1. The Hall–Kier alpha value is -0.420. The molecule has 0 unspecified atom stereocenters. The van der Waals surface area contributed by atoms with Crippen molar-refractivity contribution < 1.29 is 9.53 Å². The minimum Gasteiger partial charge on any atom is -0.384 e. The van der Waals surface area contributed by atoms with Gasteiger partial charge < -0.3 is 10.5 Å². The van der Waals surface area contributed by atoms with E-state index in [0.717, 1.165) is 5.75 Å². The summed E-state index contributed by atoms with van der Waals surface area (Å²) in [6.45, 7) is 0.616. The molecule has 0 saturated carbocycles. The van der Waals surface area contributed by atoms with Crippen molar-refractivity contribution in [3.05, 3.63) is 0 Å². The standard InChI is InChI=1S/C4H10N2O2S/c1-8-2-3-9-6-4(5)7/h2-3H2,1H3,(H3,5,6,7). The average molecular weight is 150 g/mol. The lowest BCUT2D eigenvalue weighted by Gasteiger charge is -1.97. The molecule has 0 heterocycles. The van der Waals surface area contributed by atoms with Crippen molar-refractivity contribution in [3.63, 3.8) is 0 Å². The molecule has 0 atom stereocenters. The first-order valence-corrected chi connectivity index (χ1v) is 3.42. The summed E-state index contributed by atoms with van der Waals surface area (Å²) < 4.78 is 7.07. The number of primary amides is 1. The molecule has 0 saturated heterocycles. The summed E-state index contributed by atoms with van der Waals surface area (Å²) in [5, 5.41) is 0. The Balaban J connectivity index is 2.83. The van der Waals surface area contributed by atoms with E-state index in [-0.39, 0.29) is 0 Å². The summed E-state index contributed by atoms with van der Waals surface area (Å²) in [5.41, 5.74) is 4.76. The number of urea groups is 1. The molecular formula is C4H10N2O2S. The van der Waals surface area contributed by atoms with E-state index in [1.807, 2.05) is 0 Å². The van der Waals surface area contributed by atoms with Gasteiger partial charge >= 0.3 is 6.03 Å². The molecule has 2 amide bonds. The van der Waals surface area contributed by atoms with Crippen molar-refractivity contribution in [1.29, 1.82) is 0 Å². The molecule has 0 fully saturated rings. The second kappa shape index (κ2) is 5.71. The van der Waals surface area contributed by atoms with Crippen molar-refractivity contribution in [1.82, 2.24) is 4.72 Å². The second-order valence-corrected chi connectivity index (χ2v) is 2.21. The fraction of sp³-hybridized carbons (Fsp3) is 0.750. The normalized spacial score (nSPS) is 9.00. The number of hydrogen-bond donors (Lipinski definition) is 2. The number of amides is 2. The number of nitrogens with two attached hydrogens (primary N) is 1. The molecule has 3 N–H and O–H groups in total. The third kappa shape index (κ3) is 7.58. The maximum Gasteiger partial charge on any atom is 0.322 e. The predicted molar refractivity (Wildman–Crippen MR) is 37.1 cm³/mol. The Bertz CT molecular complexity index is 88.6. The smallest absolute Gasteiger partial charge is 0.322 e. The van der Waals surface area contributed by atoms with Gasteiger partial charge in [-0.05, 0) is 11.9 Å². The van der Waals surface area contributed by atoms with E-state index in [9.17, 15) is 4.79 Å². The zero-order chi connectivity index (χ0) is 7.11. The Morgan fingerprint density at radius 1 is 1.89 bits per heavy atom. The van der Waals surface area contributed by atoms with Crippen LogP contribution in [0.3, 0.4) is 0 Å². The second-order valence-electron chi connectivity index (χ2n) is 1.31. The largest absolute Gasteiger partial charge is 0.384 e. The molecule has 9 heavy (non-hydrogen) atoms. The molecule has 0 aliphatic heterocycles. The van der Waals surface area contributed by atoms with Crippen LogP contribution in [0.4, 0.5) is 4.79 Å². The van der Waals surface area contributed by atoms with Gasteiger partial charge in [0.1, 0.15) is 0 Å². The highest BCUT2D eigenvalue weighted by Gasteiger charge is 1.89. The average Bonchev–Trinajstić information content (AvgIpc) is 1.80. The predicted octanol–water partition coefficient (Wildman–Crippen LogP) is -0.0507. The molecule has 54 valence electrons. The van der Waals surface area contributed by atoms with Gasteiger partial charge in [0.15, 0.2) is 0 Å². The van der Waals surface area contributed by atoms with Gasteiger partial charge in [-0.15, -0.1) is 0 Å². The maximum atomic E-state index is 10.0. The number of nitrogens with one attached hydrogen (secondary N) is 1. The van der Waals surface area contributed by atoms with E-state index in [1.165, 1.54) is 11.9 Å². The number of rotatable bonds is 4. The van der Waals surface area contributed by atoms with E-state index >= 15 is 0 Å². The quantitative estimate of drug-likeness (QED) is 0.436. The van der Waals surface area contributed by atoms with Crippen LogP contribution >= 0.6 is 11.9 Å². The first-order chi connectivity index (χ1) is 4.27. The van der Waals surface area contributed by atoms with Gasteiger partial charge in [-0.1, -0.05) is 0 Å². The van der Waals surface area contributed by atoms with Crippen LogP contribution in [0, 0.1) is 0 Å². The van der Waals surface area contributed by atoms with Gasteiger partial charge in [0, 0.05) is 12.9 Å². The highest BCUT2D eigenvalue weighted by Crippen LogP contribution is 1.89. The van der Waals surface area contributed by atoms with E-state index in [1.54, 1.807) is 7.11 Å². The molecule has 0 aromatic heterocycles. The van der Waals surface area contributed by atoms with Crippen LogP contribution in [0.2, 0.25) is 0 Å². The molecule has 0 aromatic carbocycles. The molecule has 0 radical (unpaired) electrons. The minimum absolute atomic E-state index is 0.517. The van der Waals surface area contributed by atoms with E-state index < -0.39 is 6.03 Å². The minimum atomic E-state index is -0.517. The molecule has 0 aliphatic rings. The van der Waals surface area contributed by atoms with Crippen molar-refractivity contribution in [2.75, 3.05) is 19.5 Å². The lowest BCUT2D eigenvalue weighted by Crippen LogP contribution is -2.23. The topological polar surface area (TPSA) is 64.3 Å². The van der Waals surface area contributed by atoms with E-state index in [4.69, 9.17) is 10.5 Å². The molecule has 0 spiro atoms. The molecule has 5 heteroatoms. The van der Waals surface area contributed by atoms with Crippen molar-refractivity contribution in [2.45, 2.75) is 0 Å². The van der Waals surface area contributed by atoms with Gasteiger partial charge in [0.2, 0.25) is 0 Å². The van der Waals surface area contributed by atoms with Gasteiger partial charge in [-0.3, -0.25) is 4.72 Å². The van der Waals surface area contributed by atoms with Gasteiger partial charge in [-0.2, -0.15) is 0 Å². The zero-order valence-corrected chi connectivity index (χ0v) is 6.03. The Morgan fingerprint density at radius 2 is 2.56 bits per heavy atom. The Morgan fingerprint density at radius 3 is 3.00 bits per heavy atom. The Kier molecular flexibility index (Phi) is 5.45. The van der Waals surface area contributed by atoms with Gasteiger partial charge in [0.05, 0.1) is 6.61 Å². The summed E-state index contributed by atoms with van der Waals surface area (Å²) >= 11 is 1.24. The molecular weight excluding hydrogens is 140 g/mol. The van der Waals surface area contributed by atoms with Gasteiger partial charge in [-0.25, -0.2) is 4.79 Å². The fourth-order valence-corrected chi connectivity index (χ4v) is 0.741. The molecule has 0 aliphatic carbocycles. The van der Waals surface area contributed by atoms with Crippen molar-refractivity contribution in [3.8, 4) is 0 Å². The maximum absolute atomic E-state index is 10.0. The van der Waals surface area contributed by atoms with Gasteiger partial charge in [0.25, 0.3) is 0 Å². The van der Waals surface area contributed by atoms with Crippen LogP contribution in [0.5, 0.6) is 0 Å². The summed E-state index contributed by atoms with van der Waals surface area (Å²) in [7, 11) is 1.60. The van der Waals surface area contributed by atoms with Crippen LogP contribution in [-0.4, -0.2) is 25.5 Å². The molecule has 0 bridgehead atoms. The SMILES string of the molecule is COCCSNC(N)=O. The third-order valence-electron chi connectivity index (χ3n) is 0.562. The highest BCUT2D eigenvalue weighted by atomic mass is 32.2. The monoisotopic (exact) mass is 150 g/mol. The van der Waals surface area contributed by atoms with Crippen LogP contribution < -0.4 is 10.5 Å². The van der Waals surface area contributed by atoms with E-state index in [2.05, 4.69) is 4.72 Å². The number of carbonyl (C=O) groups is 1. The van der Waals surface area contributed by atoms with E-state index in [0.29, 0.717) is 6.61 Å². The highest BCUT2D eigenvalue weighted by molar-refractivity contribution is 7.97. The lowest BCUT2D eigenvalue weighted by atomic mass is 10.9. The molecule has 0 aromatic rings. The molecule has 0 rings (SSSR count). The molecule has 4 nitrogen and oxygen atoms in total. The van der Waals surface area contributed by atoms with Crippen LogP contribution in [0.1, 0.15) is 0 Å². The first-order valence-electron chi connectivity index (χ1n) is 2.43. The third-order valence-corrected chi connectivity index (χ3v) is 1.28. The van der Waals surface area contributed by atoms with Crippen molar-refractivity contribution in [2.24, 2.45) is 5.73 Å². The van der Waals surface area contributed by atoms with Crippen LogP contribution in [0.15, 0.2) is 0 Å². The summed E-state index contributed by atoms with van der Waals surface area (Å²) in [4.78, 5) is 10.0. The summed E-state index contributed by atoms with van der Waals surface area (Å²) in [5.74, 6) is 0.722. The zero-order valence-electron chi connectivity index (χ0n) is 5.22. The van der Waals surface area contributed by atoms with Crippen LogP contribution in [0.25, 0.3) is 0 Å². The summed E-state index contributed by atoms with van der Waals surface area (Å²) in [6, 6.07) is -0.517. The lowest BCUT2D eigenvalue weighted by molar-refractivity contribution is 0.218. The fourth-order valence-electron chi connectivity index (χ4n) is 0.247. The van der Waals surface area contributed by atoms with Crippen molar-refractivity contribution >= 4 is 18.0 Å². The number of carbonyl (C=O) groups excluding carboxylic acids is 1. The number of ether oxygens (including phenoxy) is 1.